The van der Waals surface area contributed by atoms with Crippen molar-refractivity contribution in [3.05, 3.63) is 35.4 Å². The molecule has 1 aromatic rings. The van der Waals surface area contributed by atoms with Gasteiger partial charge in [-0.05, 0) is 50.5 Å². The van der Waals surface area contributed by atoms with Crippen molar-refractivity contribution in [1.29, 1.82) is 5.26 Å². The van der Waals surface area contributed by atoms with Crippen molar-refractivity contribution in [2.75, 3.05) is 6.61 Å². The Morgan fingerprint density at radius 3 is 2.43 bits per heavy atom. The lowest BCUT2D eigenvalue weighted by atomic mass is 10.1. The van der Waals surface area contributed by atoms with E-state index < -0.39 is 12.1 Å². The summed E-state index contributed by atoms with van der Waals surface area (Å²) < 4.78 is 10.6. The maximum absolute atomic E-state index is 12.3. The van der Waals surface area contributed by atoms with Gasteiger partial charge in [0, 0.05) is 6.04 Å². The van der Waals surface area contributed by atoms with E-state index in [2.05, 4.69) is 5.32 Å². The highest BCUT2D eigenvalue weighted by molar-refractivity contribution is 5.99. The zero-order valence-electron chi connectivity index (χ0n) is 16.6. The average molecular weight is 384 g/mol. The quantitative estimate of drug-likeness (QED) is 0.335. The van der Waals surface area contributed by atoms with Crippen LogP contribution in [-0.4, -0.2) is 30.6 Å². The zero-order valence-corrected chi connectivity index (χ0v) is 16.6. The third-order valence-corrected chi connectivity index (χ3v) is 4.70. The highest BCUT2D eigenvalue weighted by Crippen LogP contribution is 2.18. The number of nitrogens with one attached hydrogen (secondary N) is 1. The normalized spacial score (nSPS) is 16.4. The number of benzene rings is 1. The predicted molar refractivity (Wildman–Crippen MR) is 106 cm³/mol. The van der Waals surface area contributed by atoms with Gasteiger partial charge >= 0.3 is 5.97 Å². The number of carbonyl (C=O) groups is 2. The van der Waals surface area contributed by atoms with E-state index in [-0.39, 0.29) is 17.5 Å². The fourth-order valence-corrected chi connectivity index (χ4v) is 3.15. The number of esters is 1. The maximum atomic E-state index is 12.3. The third-order valence-electron chi connectivity index (χ3n) is 4.70. The minimum atomic E-state index is -0.951. The smallest absolute Gasteiger partial charge is 0.349 e. The van der Waals surface area contributed by atoms with E-state index in [1.165, 1.54) is 25.8 Å². The number of carbonyl (C=O) groups excluding carboxylic acids is 2. The molecule has 0 heterocycles. The fraction of sp³-hybridized carbons (Fsp3) is 0.500. The van der Waals surface area contributed by atoms with Gasteiger partial charge in [-0.3, -0.25) is 4.79 Å². The Kier molecular flexibility index (Phi) is 8.54. The highest BCUT2D eigenvalue weighted by Gasteiger charge is 2.23. The van der Waals surface area contributed by atoms with Gasteiger partial charge in [0.05, 0.1) is 6.61 Å². The van der Waals surface area contributed by atoms with Gasteiger partial charge in [-0.25, -0.2) is 4.79 Å². The average Bonchev–Trinajstić information content (AvgIpc) is 2.96. The van der Waals surface area contributed by atoms with E-state index in [0.29, 0.717) is 17.9 Å². The number of hydrogen-bond donors (Lipinski definition) is 1. The lowest BCUT2D eigenvalue weighted by molar-refractivity contribution is -0.151. The number of rotatable bonds is 7. The van der Waals surface area contributed by atoms with Gasteiger partial charge in [-0.1, -0.05) is 37.8 Å². The molecular weight excluding hydrogens is 356 g/mol. The molecule has 1 atom stereocenters. The first-order valence-corrected chi connectivity index (χ1v) is 9.89. The molecule has 1 saturated carbocycles. The Balaban J connectivity index is 1.94. The van der Waals surface area contributed by atoms with Gasteiger partial charge in [-0.2, -0.15) is 5.26 Å². The monoisotopic (exact) mass is 384 g/mol. The Morgan fingerprint density at radius 2 is 1.86 bits per heavy atom. The van der Waals surface area contributed by atoms with E-state index in [0.717, 1.165) is 25.7 Å². The van der Waals surface area contributed by atoms with Gasteiger partial charge in [0.1, 0.15) is 17.4 Å². The van der Waals surface area contributed by atoms with Gasteiger partial charge in [0.2, 0.25) is 0 Å². The first-order chi connectivity index (χ1) is 13.5. The molecular formula is C22H28N2O4. The number of ether oxygens (including phenoxy) is 2. The minimum absolute atomic E-state index is 0.131. The molecule has 0 aromatic heterocycles. The van der Waals surface area contributed by atoms with Crippen LogP contribution in [0.2, 0.25) is 0 Å². The van der Waals surface area contributed by atoms with Gasteiger partial charge in [0.25, 0.3) is 5.91 Å². The van der Waals surface area contributed by atoms with Crippen LogP contribution in [0.15, 0.2) is 29.8 Å². The lowest BCUT2D eigenvalue weighted by Crippen LogP contribution is -2.42. The van der Waals surface area contributed by atoms with Crippen LogP contribution in [0.3, 0.4) is 0 Å². The predicted octanol–water partition coefficient (Wildman–Crippen LogP) is 3.76. The maximum Gasteiger partial charge on any atom is 0.349 e. The molecule has 0 radical (unpaired) electrons. The van der Waals surface area contributed by atoms with Crippen molar-refractivity contribution < 1.29 is 19.1 Å². The summed E-state index contributed by atoms with van der Waals surface area (Å²) in [5.74, 6) is -0.414. The second-order valence-corrected chi connectivity index (χ2v) is 6.92. The summed E-state index contributed by atoms with van der Waals surface area (Å²) in [5, 5.41) is 12.3. The SMILES string of the molecule is CCOc1ccc(/C=C(\C#N)C(=O)O[C@H](C)C(=O)NC2CCCCCC2)cc1. The van der Waals surface area contributed by atoms with Crippen LogP contribution in [0, 0.1) is 11.3 Å². The van der Waals surface area contributed by atoms with Gasteiger partial charge in [-0.15, -0.1) is 0 Å². The van der Waals surface area contributed by atoms with Crippen LogP contribution >= 0.6 is 0 Å². The molecule has 1 fully saturated rings. The molecule has 0 saturated heterocycles. The van der Waals surface area contributed by atoms with Crippen LogP contribution in [-0.2, 0) is 14.3 Å². The van der Waals surface area contributed by atoms with E-state index in [1.807, 2.05) is 13.0 Å². The van der Waals surface area contributed by atoms with E-state index in [9.17, 15) is 14.9 Å². The van der Waals surface area contributed by atoms with Crippen LogP contribution in [0.5, 0.6) is 5.75 Å². The molecule has 1 N–H and O–H groups in total. The van der Waals surface area contributed by atoms with Crippen molar-refractivity contribution in [2.24, 2.45) is 0 Å². The summed E-state index contributed by atoms with van der Waals surface area (Å²) in [6.07, 6.45) is 6.98. The Labute approximate surface area is 166 Å². The molecule has 0 bridgehead atoms. The number of nitrogens with zero attached hydrogens (tertiary/aromatic N) is 1. The molecule has 0 aliphatic heterocycles. The molecule has 1 aromatic carbocycles. The third kappa shape index (κ3) is 6.73. The molecule has 0 spiro atoms. The van der Waals surface area contributed by atoms with Crippen LogP contribution in [0.25, 0.3) is 6.08 Å². The second-order valence-electron chi connectivity index (χ2n) is 6.92. The van der Waals surface area contributed by atoms with Crippen molar-refractivity contribution in [1.82, 2.24) is 5.32 Å². The molecule has 1 aliphatic rings. The fourth-order valence-electron chi connectivity index (χ4n) is 3.15. The zero-order chi connectivity index (χ0) is 20.4. The Bertz CT molecular complexity index is 726. The van der Waals surface area contributed by atoms with E-state index in [1.54, 1.807) is 24.3 Å². The number of hydrogen-bond acceptors (Lipinski definition) is 5. The lowest BCUT2D eigenvalue weighted by Gasteiger charge is -2.19. The van der Waals surface area contributed by atoms with Crippen molar-refractivity contribution in [3.63, 3.8) is 0 Å². The molecule has 1 aliphatic carbocycles. The highest BCUT2D eigenvalue weighted by atomic mass is 16.5. The van der Waals surface area contributed by atoms with E-state index in [4.69, 9.17) is 9.47 Å². The second kappa shape index (κ2) is 11.1. The number of nitriles is 1. The summed E-state index contributed by atoms with van der Waals surface area (Å²) in [6, 6.07) is 9.00. The van der Waals surface area contributed by atoms with Crippen LogP contribution in [0.1, 0.15) is 57.9 Å². The molecule has 6 heteroatoms. The van der Waals surface area contributed by atoms with Crippen LogP contribution in [0.4, 0.5) is 0 Å². The summed E-state index contributed by atoms with van der Waals surface area (Å²) in [7, 11) is 0. The van der Waals surface area contributed by atoms with Gasteiger partial charge < -0.3 is 14.8 Å². The minimum Gasteiger partial charge on any atom is -0.494 e. The summed E-state index contributed by atoms with van der Waals surface area (Å²) in [5.41, 5.74) is 0.519. The molecule has 0 unspecified atom stereocenters. The standard InChI is InChI=1S/C22H28N2O4/c1-3-27-20-12-10-17(11-13-20)14-18(15-23)22(26)28-16(2)21(25)24-19-8-6-4-5-7-9-19/h10-14,16,19H,3-9H2,1-2H3,(H,24,25)/b18-14+/t16-/m1/s1. The Morgan fingerprint density at radius 1 is 1.21 bits per heavy atom. The molecule has 2 rings (SSSR count). The molecule has 150 valence electrons. The topological polar surface area (TPSA) is 88.4 Å². The molecule has 6 nitrogen and oxygen atoms in total. The first kappa shape index (κ1) is 21.5. The van der Waals surface area contributed by atoms with E-state index >= 15 is 0 Å². The Hall–Kier alpha value is -2.81. The van der Waals surface area contributed by atoms with Gasteiger partial charge in [0.15, 0.2) is 6.10 Å². The molecule has 1 amide bonds. The van der Waals surface area contributed by atoms with Crippen molar-refractivity contribution in [3.8, 4) is 11.8 Å². The number of amides is 1. The summed E-state index contributed by atoms with van der Waals surface area (Å²) in [6.45, 7) is 3.98. The first-order valence-electron chi connectivity index (χ1n) is 9.89. The van der Waals surface area contributed by atoms with Crippen molar-refractivity contribution in [2.45, 2.75) is 64.5 Å². The van der Waals surface area contributed by atoms with Crippen LogP contribution < -0.4 is 10.1 Å². The van der Waals surface area contributed by atoms with Crippen molar-refractivity contribution >= 4 is 18.0 Å². The summed E-state index contributed by atoms with van der Waals surface area (Å²) >= 11 is 0. The summed E-state index contributed by atoms with van der Waals surface area (Å²) in [4.78, 5) is 24.6. The molecule has 28 heavy (non-hydrogen) atoms. The largest absolute Gasteiger partial charge is 0.494 e.